The summed E-state index contributed by atoms with van der Waals surface area (Å²) in [6.45, 7) is 3.30. The number of hydrogen-bond donors (Lipinski definition) is 4. The third-order valence-electron chi connectivity index (χ3n) is 7.78. The van der Waals surface area contributed by atoms with E-state index in [9.17, 15) is 24.0 Å². The SMILES string of the molecule is COC(=O)[C@H](Cc1c[nH]c2ccccc12)NC(=O)[C@@H]1CCCN1C(=O)[C@H](C)NC(=O)c1ccc(-c2ccc(NC(C)=O)cc2)o1. The van der Waals surface area contributed by atoms with Crippen LogP contribution in [0, 0.1) is 0 Å². The van der Waals surface area contributed by atoms with Crippen LogP contribution in [-0.4, -0.2) is 71.3 Å². The van der Waals surface area contributed by atoms with Crippen LogP contribution in [0.5, 0.6) is 0 Å². The fourth-order valence-electron chi connectivity index (χ4n) is 5.54. The number of anilines is 1. The molecule has 1 aliphatic rings. The second kappa shape index (κ2) is 13.5. The number of aromatic nitrogens is 1. The van der Waals surface area contributed by atoms with Crippen molar-refractivity contribution in [3.8, 4) is 11.3 Å². The summed E-state index contributed by atoms with van der Waals surface area (Å²) in [7, 11) is 1.26. The van der Waals surface area contributed by atoms with E-state index in [1.807, 2.05) is 24.3 Å². The molecule has 4 amide bonds. The molecule has 45 heavy (non-hydrogen) atoms. The summed E-state index contributed by atoms with van der Waals surface area (Å²) in [6.07, 6.45) is 3.02. The number of furan rings is 1. The molecule has 0 aliphatic carbocycles. The fraction of sp³-hybridized carbons (Fsp3) is 0.303. The van der Waals surface area contributed by atoms with E-state index in [4.69, 9.17) is 9.15 Å². The van der Waals surface area contributed by atoms with Gasteiger partial charge in [-0.15, -0.1) is 0 Å². The largest absolute Gasteiger partial charge is 0.467 e. The number of rotatable bonds is 10. The van der Waals surface area contributed by atoms with Crippen LogP contribution < -0.4 is 16.0 Å². The Morgan fingerprint density at radius 2 is 1.78 bits per heavy atom. The first kappa shape index (κ1) is 31.0. The van der Waals surface area contributed by atoms with Crippen molar-refractivity contribution in [2.75, 3.05) is 19.0 Å². The summed E-state index contributed by atoms with van der Waals surface area (Å²) < 4.78 is 10.7. The number of esters is 1. The van der Waals surface area contributed by atoms with E-state index in [2.05, 4.69) is 20.9 Å². The van der Waals surface area contributed by atoms with Gasteiger partial charge >= 0.3 is 5.97 Å². The molecule has 3 heterocycles. The molecule has 0 bridgehead atoms. The normalized spacial score (nSPS) is 15.7. The second-order valence-corrected chi connectivity index (χ2v) is 11.0. The lowest BCUT2D eigenvalue weighted by molar-refractivity contribution is -0.146. The van der Waals surface area contributed by atoms with Crippen molar-refractivity contribution in [2.45, 2.75) is 51.2 Å². The maximum atomic E-state index is 13.4. The molecule has 2 aromatic carbocycles. The molecule has 12 heteroatoms. The average molecular weight is 614 g/mol. The van der Waals surface area contributed by atoms with Crippen molar-refractivity contribution in [1.82, 2.24) is 20.5 Å². The number of hydrogen-bond acceptors (Lipinski definition) is 7. The number of aromatic amines is 1. The molecule has 2 aromatic heterocycles. The van der Waals surface area contributed by atoms with Gasteiger partial charge in [0, 0.05) is 48.2 Å². The molecular weight excluding hydrogens is 578 g/mol. The van der Waals surface area contributed by atoms with Crippen LogP contribution >= 0.6 is 0 Å². The first-order chi connectivity index (χ1) is 21.6. The highest BCUT2D eigenvalue weighted by Crippen LogP contribution is 2.25. The fourth-order valence-corrected chi connectivity index (χ4v) is 5.54. The third-order valence-corrected chi connectivity index (χ3v) is 7.78. The topological polar surface area (TPSA) is 163 Å². The van der Waals surface area contributed by atoms with Gasteiger partial charge in [0.15, 0.2) is 5.76 Å². The zero-order valence-electron chi connectivity index (χ0n) is 25.2. The van der Waals surface area contributed by atoms with Gasteiger partial charge in [0.25, 0.3) is 5.91 Å². The first-order valence-corrected chi connectivity index (χ1v) is 14.7. The lowest BCUT2D eigenvalue weighted by Gasteiger charge is -2.28. The summed E-state index contributed by atoms with van der Waals surface area (Å²) >= 11 is 0. The summed E-state index contributed by atoms with van der Waals surface area (Å²) in [5.74, 6) is -1.78. The summed E-state index contributed by atoms with van der Waals surface area (Å²) in [4.78, 5) is 68.3. The second-order valence-electron chi connectivity index (χ2n) is 11.0. The number of nitrogens with one attached hydrogen (secondary N) is 4. The third kappa shape index (κ3) is 7.06. The van der Waals surface area contributed by atoms with E-state index in [1.165, 1.54) is 25.0 Å². The number of ether oxygens (including phenoxy) is 1. The summed E-state index contributed by atoms with van der Waals surface area (Å²) in [5, 5.41) is 9.08. The van der Waals surface area contributed by atoms with Crippen LogP contribution in [0.1, 0.15) is 42.8 Å². The zero-order valence-corrected chi connectivity index (χ0v) is 25.2. The van der Waals surface area contributed by atoms with Crippen molar-refractivity contribution in [3.63, 3.8) is 0 Å². The molecule has 1 saturated heterocycles. The van der Waals surface area contributed by atoms with Gasteiger partial charge in [-0.1, -0.05) is 18.2 Å². The Bertz CT molecular complexity index is 1720. The Labute approximate surface area is 259 Å². The molecule has 234 valence electrons. The van der Waals surface area contributed by atoms with Gasteiger partial charge in [0.2, 0.25) is 17.7 Å². The van der Waals surface area contributed by atoms with Gasteiger partial charge in [-0.2, -0.15) is 0 Å². The van der Waals surface area contributed by atoms with E-state index in [0.29, 0.717) is 36.4 Å². The number of carbonyl (C=O) groups excluding carboxylic acids is 5. The Hall–Kier alpha value is -5.39. The minimum absolute atomic E-state index is 0.0181. The van der Waals surface area contributed by atoms with Gasteiger partial charge in [0.1, 0.15) is 23.9 Å². The van der Waals surface area contributed by atoms with Crippen molar-refractivity contribution < 1.29 is 33.1 Å². The van der Waals surface area contributed by atoms with Crippen LogP contribution in [0.2, 0.25) is 0 Å². The highest BCUT2D eigenvalue weighted by molar-refractivity contribution is 5.97. The van der Waals surface area contributed by atoms with Crippen molar-refractivity contribution in [2.24, 2.45) is 0 Å². The Balaban J connectivity index is 1.21. The number of H-pyrrole nitrogens is 1. The molecule has 1 fully saturated rings. The molecule has 12 nitrogen and oxygen atoms in total. The van der Waals surface area contributed by atoms with E-state index >= 15 is 0 Å². The number of benzene rings is 2. The minimum atomic E-state index is -0.953. The van der Waals surface area contributed by atoms with Crippen LogP contribution in [-0.2, 0) is 30.3 Å². The van der Waals surface area contributed by atoms with Crippen LogP contribution in [0.3, 0.4) is 0 Å². The monoisotopic (exact) mass is 613 g/mol. The van der Waals surface area contributed by atoms with Crippen LogP contribution in [0.25, 0.3) is 22.2 Å². The predicted molar refractivity (Wildman–Crippen MR) is 166 cm³/mol. The quantitative estimate of drug-likeness (QED) is 0.199. The van der Waals surface area contributed by atoms with Crippen LogP contribution in [0.15, 0.2) is 71.3 Å². The number of likely N-dealkylation sites (tertiary alicyclic amines) is 1. The minimum Gasteiger partial charge on any atom is -0.467 e. The van der Waals surface area contributed by atoms with Crippen molar-refractivity contribution in [1.29, 1.82) is 0 Å². The maximum Gasteiger partial charge on any atom is 0.328 e. The van der Waals surface area contributed by atoms with E-state index in [1.54, 1.807) is 43.5 Å². The molecule has 0 spiro atoms. The Morgan fingerprint density at radius 3 is 2.51 bits per heavy atom. The molecule has 1 aliphatic heterocycles. The predicted octanol–water partition coefficient (Wildman–Crippen LogP) is 3.40. The lowest BCUT2D eigenvalue weighted by atomic mass is 10.0. The van der Waals surface area contributed by atoms with Crippen molar-refractivity contribution >= 4 is 46.2 Å². The van der Waals surface area contributed by atoms with Gasteiger partial charge in [-0.3, -0.25) is 19.2 Å². The highest BCUT2D eigenvalue weighted by atomic mass is 16.5. The number of fused-ring (bicyclic) bond motifs is 1. The van der Waals surface area contributed by atoms with E-state index in [-0.39, 0.29) is 18.1 Å². The number of methoxy groups -OCH3 is 1. The first-order valence-electron chi connectivity index (χ1n) is 14.7. The van der Waals surface area contributed by atoms with Gasteiger partial charge in [0.05, 0.1) is 7.11 Å². The van der Waals surface area contributed by atoms with Gasteiger partial charge in [-0.25, -0.2) is 4.79 Å². The van der Waals surface area contributed by atoms with E-state index < -0.39 is 41.8 Å². The maximum absolute atomic E-state index is 13.4. The number of para-hydroxylation sites is 1. The number of nitrogens with zero attached hydrogens (tertiary/aromatic N) is 1. The number of carbonyl (C=O) groups is 5. The summed E-state index contributed by atoms with van der Waals surface area (Å²) in [6, 6.07) is 15.0. The van der Waals surface area contributed by atoms with Crippen LogP contribution in [0.4, 0.5) is 5.69 Å². The summed E-state index contributed by atoms with van der Waals surface area (Å²) in [5.41, 5.74) is 3.09. The molecule has 4 aromatic rings. The molecule has 4 N–H and O–H groups in total. The smallest absolute Gasteiger partial charge is 0.328 e. The Morgan fingerprint density at radius 1 is 1.02 bits per heavy atom. The van der Waals surface area contributed by atoms with Crippen molar-refractivity contribution in [3.05, 3.63) is 78.2 Å². The van der Waals surface area contributed by atoms with E-state index in [0.717, 1.165) is 16.5 Å². The Kier molecular flexibility index (Phi) is 9.31. The molecule has 3 atom stereocenters. The van der Waals surface area contributed by atoms with Gasteiger partial charge < -0.3 is 35.0 Å². The zero-order chi connectivity index (χ0) is 32.1. The number of amides is 4. The highest BCUT2D eigenvalue weighted by Gasteiger charge is 2.38. The average Bonchev–Trinajstić information content (AvgIpc) is 3.80. The lowest BCUT2D eigenvalue weighted by Crippen LogP contribution is -2.55. The van der Waals surface area contributed by atoms with Gasteiger partial charge in [-0.05, 0) is 67.8 Å². The molecular formula is C33H35N5O7. The molecule has 0 radical (unpaired) electrons. The molecule has 5 rings (SSSR count). The molecule has 0 saturated carbocycles. The standard InChI is InChI=1S/C33H35N5O7/c1-19(35-31(41)29-15-14-28(45-29)21-10-12-23(13-11-21)36-20(2)39)32(42)38-16-6-9-27(38)30(40)37-26(33(43)44-3)17-22-18-34-25-8-5-4-7-24(22)25/h4-5,7-8,10-15,18-19,26-27,34H,6,9,16-17H2,1-3H3,(H,35,41)(H,36,39)(H,37,40)/t19-,26-,27-/m0/s1. The molecule has 0 unspecified atom stereocenters.